The van der Waals surface area contributed by atoms with Crippen molar-refractivity contribution in [3.63, 3.8) is 0 Å². The van der Waals surface area contributed by atoms with Crippen molar-refractivity contribution in [2.75, 3.05) is 0 Å². The fourth-order valence-electron chi connectivity index (χ4n) is 2.81. The summed E-state index contributed by atoms with van der Waals surface area (Å²) in [6, 6.07) is 13.1. The maximum Gasteiger partial charge on any atom is 0.138 e. The summed E-state index contributed by atoms with van der Waals surface area (Å²) in [5.74, 6) is 0.666. The van der Waals surface area contributed by atoms with Crippen LogP contribution in [0.2, 0.25) is 0 Å². The van der Waals surface area contributed by atoms with Crippen molar-refractivity contribution in [3.8, 4) is 11.3 Å². The van der Waals surface area contributed by atoms with E-state index >= 15 is 0 Å². The molecule has 1 aliphatic rings. The van der Waals surface area contributed by atoms with Gasteiger partial charge in [-0.25, -0.2) is 4.39 Å². The standard InChI is InChI=1S/C16H11FO/c17-11-6-8-13-14-7-5-10-3-1-2-4-12(10)16(14)18-15(13)9-11/h1-4,6,8-9H,5,7H2. The van der Waals surface area contributed by atoms with Crippen molar-refractivity contribution < 1.29 is 8.81 Å². The van der Waals surface area contributed by atoms with E-state index in [1.165, 1.54) is 23.3 Å². The molecule has 0 saturated heterocycles. The molecule has 1 aromatic heterocycles. The Kier molecular flexibility index (Phi) is 1.90. The molecule has 0 bridgehead atoms. The summed E-state index contributed by atoms with van der Waals surface area (Å²) in [5.41, 5.74) is 4.32. The lowest BCUT2D eigenvalue weighted by atomic mass is 9.89. The van der Waals surface area contributed by atoms with Crippen molar-refractivity contribution in [2.45, 2.75) is 12.8 Å². The zero-order valence-electron chi connectivity index (χ0n) is 9.74. The highest BCUT2D eigenvalue weighted by Gasteiger charge is 2.22. The topological polar surface area (TPSA) is 13.1 Å². The number of hydrogen-bond acceptors (Lipinski definition) is 1. The van der Waals surface area contributed by atoms with Gasteiger partial charge in [0.1, 0.15) is 17.2 Å². The lowest BCUT2D eigenvalue weighted by Gasteiger charge is -2.14. The van der Waals surface area contributed by atoms with Gasteiger partial charge >= 0.3 is 0 Å². The highest BCUT2D eigenvalue weighted by Crippen LogP contribution is 2.39. The van der Waals surface area contributed by atoms with Crippen LogP contribution < -0.4 is 0 Å². The Balaban J connectivity index is 2.08. The maximum atomic E-state index is 13.2. The molecule has 0 atom stereocenters. The number of furan rings is 1. The normalized spacial score (nSPS) is 13.4. The van der Waals surface area contributed by atoms with Gasteiger partial charge < -0.3 is 4.42 Å². The molecule has 0 aliphatic heterocycles. The molecule has 88 valence electrons. The Bertz CT molecular complexity index is 755. The summed E-state index contributed by atoms with van der Waals surface area (Å²) in [7, 11) is 0. The van der Waals surface area contributed by atoms with Gasteiger partial charge in [-0.3, -0.25) is 0 Å². The van der Waals surface area contributed by atoms with Crippen molar-refractivity contribution in [1.82, 2.24) is 0 Å². The number of aryl methyl sites for hydroxylation is 2. The van der Waals surface area contributed by atoms with Gasteiger partial charge in [-0.15, -0.1) is 0 Å². The van der Waals surface area contributed by atoms with Gasteiger partial charge in [0.25, 0.3) is 0 Å². The minimum absolute atomic E-state index is 0.248. The van der Waals surface area contributed by atoms with E-state index in [0.717, 1.165) is 29.6 Å². The summed E-state index contributed by atoms with van der Waals surface area (Å²) in [6.07, 6.45) is 1.99. The predicted octanol–water partition coefficient (Wildman–Crippen LogP) is 4.34. The van der Waals surface area contributed by atoms with Crippen molar-refractivity contribution in [3.05, 3.63) is 59.4 Å². The third-order valence-corrected chi connectivity index (χ3v) is 3.66. The number of hydrogen-bond donors (Lipinski definition) is 0. The van der Waals surface area contributed by atoms with Crippen LogP contribution in [0.5, 0.6) is 0 Å². The van der Waals surface area contributed by atoms with Crippen LogP contribution in [0.4, 0.5) is 4.39 Å². The van der Waals surface area contributed by atoms with Gasteiger partial charge in [-0.2, -0.15) is 0 Å². The fourth-order valence-corrected chi connectivity index (χ4v) is 2.81. The van der Waals surface area contributed by atoms with Crippen LogP contribution in [0.1, 0.15) is 11.1 Å². The molecule has 18 heavy (non-hydrogen) atoms. The van der Waals surface area contributed by atoms with Gasteiger partial charge in [0.2, 0.25) is 0 Å². The highest BCUT2D eigenvalue weighted by molar-refractivity contribution is 5.89. The second-order valence-electron chi connectivity index (χ2n) is 4.71. The fraction of sp³-hybridized carbons (Fsp3) is 0.125. The SMILES string of the molecule is Fc1ccc2c3c(oc2c1)-c1ccccc1CC3. The van der Waals surface area contributed by atoms with Crippen LogP contribution in [-0.4, -0.2) is 0 Å². The van der Waals surface area contributed by atoms with Crippen LogP contribution >= 0.6 is 0 Å². The first-order valence-corrected chi connectivity index (χ1v) is 6.12. The van der Waals surface area contributed by atoms with Crippen LogP contribution in [-0.2, 0) is 12.8 Å². The number of fused-ring (bicyclic) bond motifs is 5. The monoisotopic (exact) mass is 238 g/mol. The molecule has 2 aromatic carbocycles. The van der Waals surface area contributed by atoms with E-state index in [2.05, 4.69) is 12.1 Å². The molecule has 1 nitrogen and oxygen atoms in total. The van der Waals surface area contributed by atoms with Gasteiger partial charge in [0.15, 0.2) is 0 Å². The average Bonchev–Trinajstić information content (AvgIpc) is 2.76. The lowest BCUT2D eigenvalue weighted by Crippen LogP contribution is -2.01. The van der Waals surface area contributed by atoms with E-state index in [0.29, 0.717) is 5.58 Å². The van der Waals surface area contributed by atoms with Gasteiger partial charge in [-0.1, -0.05) is 24.3 Å². The van der Waals surface area contributed by atoms with E-state index in [4.69, 9.17) is 4.42 Å². The van der Waals surface area contributed by atoms with Crippen LogP contribution in [0.3, 0.4) is 0 Å². The van der Waals surface area contributed by atoms with Gasteiger partial charge in [-0.05, 0) is 30.5 Å². The molecular formula is C16H11FO. The molecule has 0 unspecified atom stereocenters. The first-order valence-electron chi connectivity index (χ1n) is 6.12. The molecule has 0 spiro atoms. The minimum Gasteiger partial charge on any atom is -0.456 e. The second-order valence-corrected chi connectivity index (χ2v) is 4.71. The molecule has 0 amide bonds. The molecular weight excluding hydrogens is 227 g/mol. The highest BCUT2D eigenvalue weighted by atomic mass is 19.1. The summed E-state index contributed by atoms with van der Waals surface area (Å²) < 4.78 is 19.1. The Morgan fingerprint density at radius 1 is 1.00 bits per heavy atom. The third-order valence-electron chi connectivity index (χ3n) is 3.66. The van der Waals surface area contributed by atoms with E-state index in [-0.39, 0.29) is 5.82 Å². The summed E-state index contributed by atoms with van der Waals surface area (Å²) in [6.45, 7) is 0. The van der Waals surface area contributed by atoms with Crippen molar-refractivity contribution in [2.24, 2.45) is 0 Å². The Morgan fingerprint density at radius 2 is 1.89 bits per heavy atom. The Morgan fingerprint density at radius 3 is 2.83 bits per heavy atom. The first-order chi connectivity index (χ1) is 8.83. The van der Waals surface area contributed by atoms with Gasteiger partial charge in [0.05, 0.1) is 0 Å². The van der Waals surface area contributed by atoms with Crippen molar-refractivity contribution >= 4 is 11.0 Å². The zero-order chi connectivity index (χ0) is 12.1. The largest absolute Gasteiger partial charge is 0.456 e. The quantitative estimate of drug-likeness (QED) is 0.568. The summed E-state index contributed by atoms with van der Waals surface area (Å²) in [5, 5.41) is 1.04. The zero-order valence-corrected chi connectivity index (χ0v) is 9.74. The molecule has 4 rings (SSSR count). The molecule has 0 radical (unpaired) electrons. The second kappa shape index (κ2) is 3.45. The van der Waals surface area contributed by atoms with Gasteiger partial charge in [0, 0.05) is 22.6 Å². The molecule has 0 fully saturated rings. The van der Waals surface area contributed by atoms with E-state index in [1.807, 2.05) is 18.2 Å². The first kappa shape index (κ1) is 9.89. The lowest BCUT2D eigenvalue weighted by molar-refractivity contribution is 0.603. The molecule has 3 aromatic rings. The van der Waals surface area contributed by atoms with Crippen LogP contribution in [0.15, 0.2) is 46.9 Å². The Hall–Kier alpha value is -2.09. The molecule has 1 aliphatic carbocycles. The number of rotatable bonds is 0. The molecule has 1 heterocycles. The molecule has 0 N–H and O–H groups in total. The van der Waals surface area contributed by atoms with Crippen LogP contribution in [0, 0.1) is 5.82 Å². The van der Waals surface area contributed by atoms with E-state index in [1.54, 1.807) is 0 Å². The van der Waals surface area contributed by atoms with E-state index < -0.39 is 0 Å². The van der Waals surface area contributed by atoms with Crippen molar-refractivity contribution in [1.29, 1.82) is 0 Å². The summed E-state index contributed by atoms with van der Waals surface area (Å²) in [4.78, 5) is 0. The third kappa shape index (κ3) is 1.26. The molecule has 2 heteroatoms. The number of halogens is 1. The smallest absolute Gasteiger partial charge is 0.138 e. The summed E-state index contributed by atoms with van der Waals surface area (Å²) >= 11 is 0. The Labute approximate surface area is 104 Å². The van der Waals surface area contributed by atoms with E-state index in [9.17, 15) is 4.39 Å². The minimum atomic E-state index is -0.248. The van der Waals surface area contributed by atoms with Crippen LogP contribution in [0.25, 0.3) is 22.3 Å². The predicted molar refractivity (Wildman–Crippen MR) is 69.0 cm³/mol. The number of benzene rings is 2. The molecule has 0 saturated carbocycles. The average molecular weight is 238 g/mol. The maximum absolute atomic E-state index is 13.2.